The number of nitrogens with two attached hydrogens (primary N) is 1. The summed E-state index contributed by atoms with van der Waals surface area (Å²) >= 11 is 0. The van der Waals surface area contributed by atoms with Crippen LogP contribution in [0, 0.1) is 0 Å². The van der Waals surface area contributed by atoms with E-state index in [0.29, 0.717) is 16.8 Å². The van der Waals surface area contributed by atoms with Crippen molar-refractivity contribution in [1.29, 1.82) is 0 Å². The lowest BCUT2D eigenvalue weighted by atomic mass is 10.0. The summed E-state index contributed by atoms with van der Waals surface area (Å²) in [5.74, 6) is 1.56. The van der Waals surface area contributed by atoms with Crippen molar-refractivity contribution in [1.82, 2.24) is 9.97 Å². The Balaban J connectivity index is 1.65. The first-order valence-corrected chi connectivity index (χ1v) is 9.48. The molecular weight excluding hydrogens is 346 g/mol. The molecule has 0 fully saturated rings. The molecule has 3 aromatic rings. The second-order valence-electron chi connectivity index (χ2n) is 5.91. The first kappa shape index (κ1) is 18.0. The zero-order chi connectivity index (χ0) is 18.4. The molecule has 1 aromatic heterocycles. The molecule has 7 heteroatoms. The smallest absolute Gasteiger partial charge is 0.229 e. The van der Waals surface area contributed by atoms with E-state index < -0.39 is 11.0 Å². The second kappa shape index (κ2) is 8.55. The van der Waals surface area contributed by atoms with Crippen LogP contribution < -0.4 is 15.8 Å². The van der Waals surface area contributed by atoms with Gasteiger partial charge in [0.25, 0.3) is 0 Å². The molecular formula is C19H21N5OS. The van der Waals surface area contributed by atoms with Gasteiger partial charge in [0.15, 0.2) is 0 Å². The Kier molecular flexibility index (Phi) is 5.93. The van der Waals surface area contributed by atoms with Crippen LogP contribution in [0.25, 0.3) is 0 Å². The minimum absolute atomic E-state index is 0.360. The van der Waals surface area contributed by atoms with Crippen LogP contribution in [-0.4, -0.2) is 20.7 Å². The largest absolute Gasteiger partial charge is 0.369 e. The molecule has 4 N–H and O–H groups in total. The van der Waals surface area contributed by atoms with Crippen LogP contribution in [0.4, 0.5) is 17.5 Å². The van der Waals surface area contributed by atoms with Crippen molar-refractivity contribution in [3.05, 3.63) is 72.4 Å². The van der Waals surface area contributed by atoms with Gasteiger partial charge in [0.1, 0.15) is 16.8 Å². The molecule has 0 aliphatic rings. The Morgan fingerprint density at radius 3 is 2.69 bits per heavy atom. The van der Waals surface area contributed by atoms with Crippen molar-refractivity contribution in [3.8, 4) is 0 Å². The van der Waals surface area contributed by atoms with E-state index >= 15 is 0 Å². The van der Waals surface area contributed by atoms with Crippen LogP contribution in [0.1, 0.15) is 18.4 Å². The summed E-state index contributed by atoms with van der Waals surface area (Å²) < 4.78 is 11.4. The highest BCUT2D eigenvalue weighted by atomic mass is 32.2. The summed E-state index contributed by atoms with van der Waals surface area (Å²) in [5, 5.41) is 11.9. The van der Waals surface area contributed by atoms with Crippen LogP contribution in [0.5, 0.6) is 0 Å². The second-order valence-corrected chi connectivity index (χ2v) is 6.97. The molecule has 1 unspecified atom stereocenters. The van der Waals surface area contributed by atoms with E-state index in [9.17, 15) is 4.21 Å². The molecule has 2 aromatic carbocycles. The van der Waals surface area contributed by atoms with Crippen LogP contribution in [0.3, 0.4) is 0 Å². The van der Waals surface area contributed by atoms with Crippen molar-refractivity contribution < 1.29 is 4.21 Å². The summed E-state index contributed by atoms with van der Waals surface area (Å²) in [5.41, 5.74) is 2.01. The van der Waals surface area contributed by atoms with Crippen LogP contribution >= 0.6 is 0 Å². The monoisotopic (exact) mass is 367 g/mol. The summed E-state index contributed by atoms with van der Waals surface area (Å²) in [6, 6.07) is 19.2. The van der Waals surface area contributed by atoms with Gasteiger partial charge in [0.2, 0.25) is 5.95 Å². The van der Waals surface area contributed by atoms with Gasteiger partial charge in [0.05, 0.1) is 4.90 Å². The van der Waals surface area contributed by atoms with E-state index in [1.54, 1.807) is 24.4 Å². The standard InChI is InChI=1S/C19H21N5OS/c1-14(15-6-3-2-4-7-15)13-22-18-10-11-21-19(24-18)23-16-8-5-9-17(12-16)26(20)25/h2-12,14H,13,20H2,1H3,(H2,21,22,23,24)/t14-,26?/m0/s1. The Hall–Kier alpha value is -2.77. The van der Waals surface area contributed by atoms with Gasteiger partial charge < -0.3 is 10.6 Å². The molecule has 26 heavy (non-hydrogen) atoms. The Bertz CT molecular complexity index is 888. The van der Waals surface area contributed by atoms with Crippen molar-refractivity contribution in [2.45, 2.75) is 17.7 Å². The van der Waals surface area contributed by atoms with Gasteiger partial charge in [-0.15, -0.1) is 0 Å². The fourth-order valence-electron chi connectivity index (χ4n) is 2.50. The Labute approximate surface area is 155 Å². The fourth-order valence-corrected chi connectivity index (χ4v) is 2.96. The Morgan fingerprint density at radius 2 is 1.92 bits per heavy atom. The van der Waals surface area contributed by atoms with E-state index in [1.807, 2.05) is 30.3 Å². The van der Waals surface area contributed by atoms with Gasteiger partial charge in [-0.3, -0.25) is 0 Å². The average molecular weight is 367 g/mol. The van der Waals surface area contributed by atoms with E-state index in [2.05, 4.69) is 39.7 Å². The molecule has 2 atom stereocenters. The minimum Gasteiger partial charge on any atom is -0.369 e. The molecule has 6 nitrogen and oxygen atoms in total. The van der Waals surface area contributed by atoms with Gasteiger partial charge in [-0.05, 0) is 35.7 Å². The number of nitrogens with zero attached hydrogens (tertiary/aromatic N) is 2. The average Bonchev–Trinajstić information content (AvgIpc) is 2.67. The first-order valence-electron chi connectivity index (χ1n) is 8.27. The van der Waals surface area contributed by atoms with E-state index in [1.165, 1.54) is 5.56 Å². The summed E-state index contributed by atoms with van der Waals surface area (Å²) in [6.45, 7) is 2.93. The van der Waals surface area contributed by atoms with Crippen molar-refractivity contribution in [3.63, 3.8) is 0 Å². The van der Waals surface area contributed by atoms with Crippen LogP contribution in [0.2, 0.25) is 0 Å². The number of benzene rings is 2. The molecule has 3 rings (SSSR count). The molecule has 0 saturated carbocycles. The molecule has 1 heterocycles. The number of aromatic nitrogens is 2. The summed E-state index contributed by atoms with van der Waals surface area (Å²) in [4.78, 5) is 9.24. The lowest BCUT2D eigenvalue weighted by Crippen LogP contribution is -2.11. The maximum atomic E-state index is 11.4. The van der Waals surface area contributed by atoms with Crippen molar-refractivity contribution in [2.24, 2.45) is 5.14 Å². The van der Waals surface area contributed by atoms with Gasteiger partial charge in [0, 0.05) is 18.4 Å². The SMILES string of the molecule is C[C@@H](CNc1ccnc(Nc2cccc(S(N)=O)c2)n1)c1ccccc1. The van der Waals surface area contributed by atoms with Gasteiger partial charge in [-0.2, -0.15) is 4.98 Å². The maximum absolute atomic E-state index is 11.4. The lowest BCUT2D eigenvalue weighted by Gasteiger charge is -2.14. The molecule has 0 bridgehead atoms. The normalized spacial score (nSPS) is 13.0. The van der Waals surface area contributed by atoms with Crippen LogP contribution in [0.15, 0.2) is 71.8 Å². The number of hydrogen-bond donors (Lipinski definition) is 3. The molecule has 0 aliphatic heterocycles. The van der Waals surface area contributed by atoms with Crippen LogP contribution in [-0.2, 0) is 11.0 Å². The predicted molar refractivity (Wildman–Crippen MR) is 106 cm³/mol. The lowest BCUT2D eigenvalue weighted by molar-refractivity contribution is 0.684. The van der Waals surface area contributed by atoms with Gasteiger partial charge in [-0.1, -0.05) is 43.3 Å². The van der Waals surface area contributed by atoms with Crippen molar-refractivity contribution in [2.75, 3.05) is 17.2 Å². The van der Waals surface area contributed by atoms with E-state index in [-0.39, 0.29) is 0 Å². The predicted octanol–water partition coefficient (Wildman–Crippen LogP) is 3.42. The highest BCUT2D eigenvalue weighted by Gasteiger charge is 2.06. The quantitative estimate of drug-likeness (QED) is 0.595. The number of nitrogens with one attached hydrogen (secondary N) is 2. The topological polar surface area (TPSA) is 92.9 Å². The molecule has 0 aliphatic carbocycles. The zero-order valence-electron chi connectivity index (χ0n) is 14.4. The number of hydrogen-bond acceptors (Lipinski definition) is 5. The van der Waals surface area contributed by atoms with Crippen molar-refractivity contribution >= 4 is 28.4 Å². The third-order valence-electron chi connectivity index (χ3n) is 3.94. The summed E-state index contributed by atoms with van der Waals surface area (Å²) in [6.07, 6.45) is 1.69. The molecule has 0 amide bonds. The third-order valence-corrected chi connectivity index (χ3v) is 4.65. The number of anilines is 3. The van der Waals surface area contributed by atoms with E-state index in [4.69, 9.17) is 5.14 Å². The van der Waals surface area contributed by atoms with Gasteiger partial charge in [-0.25, -0.2) is 14.3 Å². The minimum atomic E-state index is -1.52. The zero-order valence-corrected chi connectivity index (χ0v) is 15.2. The molecule has 0 radical (unpaired) electrons. The first-order chi connectivity index (χ1) is 12.6. The number of rotatable bonds is 7. The van der Waals surface area contributed by atoms with Gasteiger partial charge >= 0.3 is 0 Å². The fraction of sp³-hybridized carbons (Fsp3) is 0.158. The molecule has 134 valence electrons. The summed E-state index contributed by atoms with van der Waals surface area (Å²) in [7, 11) is -1.52. The highest BCUT2D eigenvalue weighted by molar-refractivity contribution is 7.82. The molecule has 0 spiro atoms. The van der Waals surface area contributed by atoms with E-state index in [0.717, 1.165) is 18.1 Å². The maximum Gasteiger partial charge on any atom is 0.229 e. The Morgan fingerprint density at radius 1 is 1.12 bits per heavy atom. The highest BCUT2D eigenvalue weighted by Crippen LogP contribution is 2.18. The molecule has 0 saturated heterocycles. The third kappa shape index (κ3) is 4.87.